The van der Waals surface area contributed by atoms with Gasteiger partial charge in [-0.3, -0.25) is 9.69 Å². The fourth-order valence-corrected chi connectivity index (χ4v) is 2.36. The number of hydrogen-bond donors (Lipinski definition) is 2. The third-order valence-electron chi connectivity index (χ3n) is 3.16. The Morgan fingerprint density at radius 1 is 1.33 bits per heavy atom. The Bertz CT molecular complexity index is 516. The van der Waals surface area contributed by atoms with Gasteiger partial charge in [0.2, 0.25) is 5.91 Å². The third kappa shape index (κ3) is 4.33. The van der Waals surface area contributed by atoms with Crippen molar-refractivity contribution in [1.29, 1.82) is 0 Å². The summed E-state index contributed by atoms with van der Waals surface area (Å²) in [5.41, 5.74) is -1.32. The van der Waals surface area contributed by atoms with E-state index in [9.17, 15) is 18.0 Å². The molecule has 1 aliphatic rings. The van der Waals surface area contributed by atoms with Gasteiger partial charge in [-0.1, -0.05) is 17.7 Å². The van der Waals surface area contributed by atoms with Crippen LogP contribution in [0.15, 0.2) is 18.2 Å². The van der Waals surface area contributed by atoms with E-state index < -0.39 is 17.6 Å². The number of halogens is 4. The Balaban J connectivity index is 2.09. The van der Waals surface area contributed by atoms with E-state index >= 15 is 0 Å². The number of carbonyl (C=O) groups excluding carboxylic acids is 1. The molecular formula is C13H15ClF3N3O. The minimum Gasteiger partial charge on any atom is -0.323 e. The third-order valence-corrected chi connectivity index (χ3v) is 3.48. The van der Waals surface area contributed by atoms with Crippen LogP contribution >= 0.6 is 11.6 Å². The molecule has 2 N–H and O–H groups in total. The smallest absolute Gasteiger partial charge is 0.323 e. The Hall–Kier alpha value is -1.31. The molecule has 1 saturated heterocycles. The highest BCUT2D eigenvalue weighted by Gasteiger charge is 2.34. The van der Waals surface area contributed by atoms with Crippen molar-refractivity contribution in [2.24, 2.45) is 0 Å². The zero-order valence-electron chi connectivity index (χ0n) is 11.1. The van der Waals surface area contributed by atoms with Gasteiger partial charge in [0.05, 0.1) is 22.8 Å². The molecule has 21 heavy (non-hydrogen) atoms. The van der Waals surface area contributed by atoms with Crippen LogP contribution in [0.5, 0.6) is 0 Å². The molecule has 4 nitrogen and oxygen atoms in total. The number of carbonyl (C=O) groups is 1. The Labute approximate surface area is 125 Å². The van der Waals surface area contributed by atoms with Gasteiger partial charge in [0.1, 0.15) is 0 Å². The summed E-state index contributed by atoms with van der Waals surface area (Å²) in [6, 6.07) is 3.42. The number of nitrogens with zero attached hydrogens (tertiary/aromatic N) is 1. The first-order valence-electron chi connectivity index (χ1n) is 6.46. The molecular weight excluding hydrogens is 307 g/mol. The molecule has 0 unspecified atom stereocenters. The molecule has 1 heterocycles. The van der Waals surface area contributed by atoms with Crippen LogP contribution < -0.4 is 10.6 Å². The van der Waals surface area contributed by atoms with Crippen molar-refractivity contribution >= 4 is 23.2 Å². The highest BCUT2D eigenvalue weighted by atomic mass is 35.5. The van der Waals surface area contributed by atoms with E-state index in [1.54, 1.807) is 0 Å². The standard InChI is InChI=1S/C13H15ClF3N3O/c14-10-3-1-2-9(13(15,16)17)12(10)19-11(21)8-20-6-4-18-5-7-20/h1-3,18H,4-8H2,(H,19,21). The van der Waals surface area contributed by atoms with Gasteiger partial charge in [-0.05, 0) is 12.1 Å². The van der Waals surface area contributed by atoms with Crippen LogP contribution in [-0.4, -0.2) is 43.5 Å². The second kappa shape index (κ2) is 6.64. The average Bonchev–Trinajstić information content (AvgIpc) is 2.41. The molecule has 1 aliphatic heterocycles. The van der Waals surface area contributed by atoms with Crippen LogP contribution in [0.1, 0.15) is 5.56 Å². The van der Waals surface area contributed by atoms with Crippen LogP contribution in [-0.2, 0) is 11.0 Å². The van der Waals surface area contributed by atoms with E-state index in [4.69, 9.17) is 11.6 Å². The summed E-state index contributed by atoms with van der Waals surface area (Å²) in [5.74, 6) is -0.504. The van der Waals surface area contributed by atoms with E-state index in [0.717, 1.165) is 19.2 Å². The molecule has 2 rings (SSSR count). The number of alkyl halides is 3. The predicted octanol–water partition coefficient (Wildman–Crippen LogP) is 2.20. The summed E-state index contributed by atoms with van der Waals surface area (Å²) in [4.78, 5) is 13.8. The number of hydrogen-bond acceptors (Lipinski definition) is 3. The van der Waals surface area contributed by atoms with Gasteiger partial charge in [0.15, 0.2) is 0 Å². The van der Waals surface area contributed by atoms with Gasteiger partial charge in [-0.25, -0.2) is 0 Å². The highest BCUT2D eigenvalue weighted by Crippen LogP contribution is 2.38. The topological polar surface area (TPSA) is 44.4 Å². The number of anilines is 1. The summed E-state index contributed by atoms with van der Waals surface area (Å²) in [6.07, 6.45) is -4.57. The minimum absolute atomic E-state index is 0.0458. The number of nitrogens with one attached hydrogen (secondary N) is 2. The number of benzene rings is 1. The number of amides is 1. The number of rotatable bonds is 3. The fraction of sp³-hybridized carbons (Fsp3) is 0.462. The van der Waals surface area contributed by atoms with E-state index in [-0.39, 0.29) is 17.3 Å². The molecule has 1 aromatic rings. The lowest BCUT2D eigenvalue weighted by Crippen LogP contribution is -2.46. The Kier molecular flexibility index (Phi) is 5.08. The van der Waals surface area contributed by atoms with E-state index in [0.29, 0.717) is 13.1 Å². The van der Waals surface area contributed by atoms with Gasteiger partial charge in [-0.2, -0.15) is 13.2 Å². The number of para-hydroxylation sites is 1. The molecule has 0 bridgehead atoms. The van der Waals surface area contributed by atoms with Crippen LogP contribution in [0.2, 0.25) is 5.02 Å². The molecule has 0 aromatic heterocycles. The van der Waals surface area contributed by atoms with Crippen molar-refractivity contribution in [3.05, 3.63) is 28.8 Å². The molecule has 1 fully saturated rings. The van der Waals surface area contributed by atoms with Crippen LogP contribution in [0, 0.1) is 0 Å². The molecule has 1 aromatic carbocycles. The zero-order chi connectivity index (χ0) is 15.5. The van der Waals surface area contributed by atoms with Crippen molar-refractivity contribution in [2.45, 2.75) is 6.18 Å². The summed E-state index contributed by atoms with van der Waals surface area (Å²) in [6.45, 7) is 2.93. The van der Waals surface area contributed by atoms with Crippen LogP contribution in [0.4, 0.5) is 18.9 Å². The van der Waals surface area contributed by atoms with Crippen LogP contribution in [0.3, 0.4) is 0 Å². The Morgan fingerprint density at radius 2 is 2.00 bits per heavy atom. The quantitative estimate of drug-likeness (QED) is 0.897. The van der Waals surface area contributed by atoms with E-state index in [1.807, 2.05) is 4.90 Å². The number of piperazine rings is 1. The van der Waals surface area contributed by atoms with E-state index in [2.05, 4.69) is 10.6 Å². The lowest BCUT2D eigenvalue weighted by molar-refractivity contribution is -0.137. The first-order valence-corrected chi connectivity index (χ1v) is 6.84. The van der Waals surface area contributed by atoms with Crippen molar-refractivity contribution in [3.8, 4) is 0 Å². The normalized spacial score (nSPS) is 16.8. The lowest BCUT2D eigenvalue weighted by atomic mass is 10.1. The summed E-state index contributed by atoms with van der Waals surface area (Å²) in [7, 11) is 0. The molecule has 1 amide bonds. The maximum absolute atomic E-state index is 12.9. The summed E-state index contributed by atoms with van der Waals surface area (Å²) < 4.78 is 38.7. The van der Waals surface area contributed by atoms with E-state index in [1.165, 1.54) is 12.1 Å². The van der Waals surface area contributed by atoms with Gasteiger partial charge < -0.3 is 10.6 Å². The summed E-state index contributed by atoms with van der Waals surface area (Å²) in [5, 5.41) is 5.29. The van der Waals surface area contributed by atoms with Crippen molar-refractivity contribution in [2.75, 3.05) is 38.0 Å². The molecule has 0 saturated carbocycles. The largest absolute Gasteiger partial charge is 0.418 e. The first-order chi connectivity index (χ1) is 9.88. The maximum atomic E-state index is 12.9. The maximum Gasteiger partial charge on any atom is 0.418 e. The van der Waals surface area contributed by atoms with Gasteiger partial charge >= 0.3 is 6.18 Å². The lowest BCUT2D eigenvalue weighted by Gasteiger charge is -2.26. The molecule has 0 aliphatic carbocycles. The average molecular weight is 322 g/mol. The monoisotopic (exact) mass is 321 g/mol. The predicted molar refractivity (Wildman–Crippen MR) is 74.4 cm³/mol. The molecule has 8 heteroatoms. The van der Waals surface area contributed by atoms with Gasteiger partial charge in [-0.15, -0.1) is 0 Å². The SMILES string of the molecule is O=C(CN1CCNCC1)Nc1c(Cl)cccc1C(F)(F)F. The molecule has 0 spiro atoms. The highest BCUT2D eigenvalue weighted by molar-refractivity contribution is 6.34. The van der Waals surface area contributed by atoms with Gasteiger partial charge in [0.25, 0.3) is 0 Å². The molecule has 0 radical (unpaired) electrons. The molecule has 0 atom stereocenters. The summed E-state index contributed by atoms with van der Waals surface area (Å²) >= 11 is 5.78. The fourth-order valence-electron chi connectivity index (χ4n) is 2.14. The van der Waals surface area contributed by atoms with Crippen molar-refractivity contribution < 1.29 is 18.0 Å². The van der Waals surface area contributed by atoms with Crippen LogP contribution in [0.25, 0.3) is 0 Å². The second-order valence-electron chi connectivity index (χ2n) is 4.73. The van der Waals surface area contributed by atoms with Crippen molar-refractivity contribution in [3.63, 3.8) is 0 Å². The van der Waals surface area contributed by atoms with Crippen molar-refractivity contribution in [1.82, 2.24) is 10.2 Å². The first kappa shape index (κ1) is 16.1. The Morgan fingerprint density at radius 3 is 2.62 bits per heavy atom. The minimum atomic E-state index is -4.57. The second-order valence-corrected chi connectivity index (χ2v) is 5.14. The van der Waals surface area contributed by atoms with Gasteiger partial charge in [0, 0.05) is 26.2 Å². The zero-order valence-corrected chi connectivity index (χ0v) is 11.9. The molecule has 116 valence electrons.